The van der Waals surface area contributed by atoms with Gasteiger partial charge in [0.25, 0.3) is 0 Å². The van der Waals surface area contributed by atoms with E-state index >= 15 is 0 Å². The van der Waals surface area contributed by atoms with Gasteiger partial charge in [0.2, 0.25) is 5.03 Å². The Balaban J connectivity index is 3.19. The topological polar surface area (TPSA) is 80.2 Å². The summed E-state index contributed by atoms with van der Waals surface area (Å²) in [5.74, 6) is 0. The van der Waals surface area contributed by atoms with Crippen molar-refractivity contribution in [3.63, 3.8) is 0 Å². The van der Waals surface area contributed by atoms with Crippen LogP contribution in [0.5, 0.6) is 0 Å². The van der Waals surface area contributed by atoms with Gasteiger partial charge in [-0.2, -0.15) is 8.42 Å². The zero-order valence-corrected chi connectivity index (χ0v) is 10.3. The van der Waals surface area contributed by atoms with Gasteiger partial charge >= 0.3 is 10.1 Å². The van der Waals surface area contributed by atoms with Crippen LogP contribution in [0.2, 0.25) is 0 Å². The number of aromatic nitrogens is 2. The molecule has 16 heavy (non-hydrogen) atoms. The molecular formula is C10H16N2O3S. The van der Waals surface area contributed by atoms with Crippen molar-refractivity contribution in [1.82, 2.24) is 9.97 Å². The van der Waals surface area contributed by atoms with E-state index in [0.29, 0.717) is 12.1 Å². The minimum absolute atomic E-state index is 0.311. The Morgan fingerprint density at radius 1 is 1.25 bits per heavy atom. The molecule has 0 aliphatic heterocycles. The Morgan fingerprint density at radius 2 is 1.88 bits per heavy atom. The molecule has 1 rings (SSSR count). The highest BCUT2D eigenvalue weighted by atomic mass is 32.2. The SMILES string of the molecule is CCCc1cnc(S(=O)(=O)O)c(CCC)n1. The Kier molecular flexibility index (Phi) is 4.37. The summed E-state index contributed by atoms with van der Waals surface area (Å²) in [7, 11) is -4.26. The van der Waals surface area contributed by atoms with Crippen LogP contribution in [0.25, 0.3) is 0 Å². The van der Waals surface area contributed by atoms with Crippen molar-refractivity contribution in [2.24, 2.45) is 0 Å². The lowest BCUT2D eigenvalue weighted by molar-refractivity contribution is 0.476. The second-order valence-corrected chi connectivity index (χ2v) is 4.93. The molecule has 0 atom stereocenters. The maximum absolute atomic E-state index is 11.1. The summed E-state index contributed by atoms with van der Waals surface area (Å²) in [5, 5.41) is -0.311. The van der Waals surface area contributed by atoms with Gasteiger partial charge in [-0.05, 0) is 12.8 Å². The average Bonchev–Trinajstić information content (AvgIpc) is 2.17. The fraction of sp³-hybridized carbons (Fsp3) is 0.600. The molecule has 0 bridgehead atoms. The second kappa shape index (κ2) is 5.36. The first-order valence-electron chi connectivity index (χ1n) is 5.31. The third-order valence-electron chi connectivity index (χ3n) is 2.09. The molecule has 1 aromatic heterocycles. The first kappa shape index (κ1) is 13.1. The van der Waals surface area contributed by atoms with E-state index in [4.69, 9.17) is 4.55 Å². The molecule has 0 fully saturated rings. The first-order valence-corrected chi connectivity index (χ1v) is 6.75. The largest absolute Gasteiger partial charge is 0.314 e. The normalized spacial score (nSPS) is 11.7. The zero-order chi connectivity index (χ0) is 12.2. The van der Waals surface area contributed by atoms with Crippen molar-refractivity contribution in [3.05, 3.63) is 17.6 Å². The zero-order valence-electron chi connectivity index (χ0n) is 9.47. The van der Waals surface area contributed by atoms with Crippen LogP contribution in [0, 0.1) is 0 Å². The van der Waals surface area contributed by atoms with E-state index in [1.54, 1.807) is 0 Å². The molecule has 5 nitrogen and oxygen atoms in total. The van der Waals surface area contributed by atoms with Crippen LogP contribution in [0.1, 0.15) is 38.1 Å². The smallest absolute Gasteiger partial charge is 0.281 e. The first-order chi connectivity index (χ1) is 7.49. The van der Waals surface area contributed by atoms with Gasteiger partial charge in [-0.1, -0.05) is 26.7 Å². The van der Waals surface area contributed by atoms with Crippen LogP contribution >= 0.6 is 0 Å². The molecule has 0 amide bonds. The van der Waals surface area contributed by atoms with E-state index in [1.165, 1.54) is 6.20 Å². The second-order valence-electron chi connectivity index (χ2n) is 3.59. The lowest BCUT2D eigenvalue weighted by atomic mass is 10.2. The molecule has 0 aliphatic rings. The molecule has 0 aromatic carbocycles. The van der Waals surface area contributed by atoms with E-state index in [0.717, 1.165) is 25.0 Å². The summed E-state index contributed by atoms with van der Waals surface area (Å²) >= 11 is 0. The molecule has 0 aliphatic carbocycles. The minimum atomic E-state index is -4.26. The van der Waals surface area contributed by atoms with Gasteiger partial charge in [0.1, 0.15) is 0 Å². The van der Waals surface area contributed by atoms with E-state index in [-0.39, 0.29) is 5.03 Å². The van der Waals surface area contributed by atoms with Crippen molar-refractivity contribution in [1.29, 1.82) is 0 Å². The van der Waals surface area contributed by atoms with E-state index < -0.39 is 10.1 Å². The third-order valence-corrected chi connectivity index (χ3v) is 2.92. The summed E-state index contributed by atoms with van der Waals surface area (Å²) in [5.41, 5.74) is 1.12. The average molecular weight is 244 g/mol. The van der Waals surface area contributed by atoms with E-state index in [9.17, 15) is 8.42 Å². The van der Waals surface area contributed by atoms with Gasteiger partial charge in [0, 0.05) is 0 Å². The highest BCUT2D eigenvalue weighted by Gasteiger charge is 2.18. The Labute approximate surface area is 95.7 Å². The summed E-state index contributed by atoms with van der Waals surface area (Å²) in [6, 6.07) is 0. The molecule has 1 heterocycles. The van der Waals surface area contributed by atoms with Gasteiger partial charge in [-0.25, -0.2) is 4.98 Å². The number of hydrogen-bond donors (Lipinski definition) is 1. The fourth-order valence-corrected chi connectivity index (χ4v) is 2.08. The predicted molar refractivity (Wildman–Crippen MR) is 59.8 cm³/mol. The summed E-state index contributed by atoms with van der Waals surface area (Å²) in [6.45, 7) is 3.93. The molecular weight excluding hydrogens is 228 g/mol. The Hall–Kier alpha value is -1.01. The number of hydrogen-bond acceptors (Lipinski definition) is 4. The van der Waals surface area contributed by atoms with Crippen LogP contribution in [-0.4, -0.2) is 22.9 Å². The van der Waals surface area contributed by atoms with Gasteiger partial charge < -0.3 is 0 Å². The minimum Gasteiger partial charge on any atom is -0.281 e. The maximum Gasteiger partial charge on any atom is 0.314 e. The Bertz CT molecular complexity index is 457. The highest BCUT2D eigenvalue weighted by molar-refractivity contribution is 7.85. The monoisotopic (exact) mass is 244 g/mol. The molecule has 0 saturated heterocycles. The lowest BCUT2D eigenvalue weighted by Gasteiger charge is -2.06. The van der Waals surface area contributed by atoms with Crippen LogP contribution < -0.4 is 0 Å². The van der Waals surface area contributed by atoms with E-state index in [1.807, 2.05) is 13.8 Å². The molecule has 6 heteroatoms. The third kappa shape index (κ3) is 3.24. The van der Waals surface area contributed by atoms with Crippen LogP contribution in [0.15, 0.2) is 11.2 Å². The summed E-state index contributed by atoms with van der Waals surface area (Å²) in [4.78, 5) is 8.00. The predicted octanol–water partition coefficient (Wildman–Crippen LogP) is 1.63. The maximum atomic E-state index is 11.1. The van der Waals surface area contributed by atoms with Crippen molar-refractivity contribution in [3.8, 4) is 0 Å². The summed E-state index contributed by atoms with van der Waals surface area (Å²) < 4.78 is 31.1. The number of nitrogens with zero attached hydrogens (tertiary/aromatic N) is 2. The Morgan fingerprint density at radius 3 is 2.38 bits per heavy atom. The number of aryl methyl sites for hydroxylation is 2. The molecule has 0 unspecified atom stereocenters. The van der Waals surface area contributed by atoms with Crippen molar-refractivity contribution in [2.45, 2.75) is 44.6 Å². The van der Waals surface area contributed by atoms with Crippen LogP contribution in [0.4, 0.5) is 0 Å². The highest BCUT2D eigenvalue weighted by Crippen LogP contribution is 2.13. The lowest BCUT2D eigenvalue weighted by Crippen LogP contribution is -2.10. The summed E-state index contributed by atoms with van der Waals surface area (Å²) in [6.07, 6.45) is 4.35. The van der Waals surface area contributed by atoms with Crippen molar-refractivity contribution >= 4 is 10.1 Å². The molecule has 0 radical (unpaired) electrons. The molecule has 1 aromatic rings. The standard InChI is InChI=1S/C10H16N2O3S/c1-3-5-8-7-11-10(16(13,14)15)9(12-8)6-4-2/h7H,3-6H2,1-2H3,(H,13,14,15). The molecule has 1 N–H and O–H groups in total. The van der Waals surface area contributed by atoms with E-state index in [2.05, 4.69) is 9.97 Å². The van der Waals surface area contributed by atoms with Gasteiger partial charge in [0.05, 0.1) is 17.6 Å². The number of rotatable bonds is 5. The van der Waals surface area contributed by atoms with Crippen LogP contribution in [-0.2, 0) is 23.0 Å². The van der Waals surface area contributed by atoms with Crippen LogP contribution in [0.3, 0.4) is 0 Å². The molecule has 0 saturated carbocycles. The molecule has 0 spiro atoms. The molecule has 90 valence electrons. The quantitative estimate of drug-likeness (QED) is 0.796. The van der Waals surface area contributed by atoms with Crippen molar-refractivity contribution < 1.29 is 13.0 Å². The van der Waals surface area contributed by atoms with Crippen molar-refractivity contribution in [2.75, 3.05) is 0 Å². The fourth-order valence-electron chi connectivity index (χ4n) is 1.45. The van der Waals surface area contributed by atoms with Gasteiger partial charge in [0.15, 0.2) is 0 Å². The van der Waals surface area contributed by atoms with Gasteiger partial charge in [-0.15, -0.1) is 0 Å². The van der Waals surface area contributed by atoms with Gasteiger partial charge in [-0.3, -0.25) is 9.54 Å².